The van der Waals surface area contributed by atoms with Gasteiger partial charge in [0.1, 0.15) is 18.1 Å². The third-order valence-corrected chi connectivity index (χ3v) is 5.99. The zero-order valence-corrected chi connectivity index (χ0v) is 21.6. The first-order chi connectivity index (χ1) is 18.1. The largest absolute Gasteiger partial charge is 0.497 e. The van der Waals surface area contributed by atoms with Crippen molar-refractivity contribution in [3.05, 3.63) is 90.0 Å². The van der Waals surface area contributed by atoms with E-state index in [0.29, 0.717) is 31.8 Å². The minimum atomic E-state index is -0.344. The molecule has 0 aliphatic heterocycles. The molecule has 7 nitrogen and oxygen atoms in total. The fraction of sp³-hybridized carbons (Fsp3) is 0.367. The number of hydrogen-bond acceptors (Lipinski definition) is 7. The molecular weight excluding hydrogens is 470 g/mol. The number of carbonyl (C=O) groups is 1. The Labute approximate surface area is 219 Å². The van der Waals surface area contributed by atoms with Gasteiger partial charge in [-0.05, 0) is 48.2 Å². The number of aliphatic hydroxyl groups is 1. The van der Waals surface area contributed by atoms with E-state index in [9.17, 15) is 9.90 Å². The van der Waals surface area contributed by atoms with Crippen LogP contribution in [0.4, 0.5) is 5.69 Å². The SMILES string of the molecule is COc1ccc(COCC(=O)CC(Nc2ccccc2OC)C(CCCO)OCc2ccccc2)cc1. The monoisotopic (exact) mass is 507 g/mol. The van der Waals surface area contributed by atoms with E-state index in [-0.39, 0.29) is 37.6 Å². The van der Waals surface area contributed by atoms with Crippen LogP contribution in [0.25, 0.3) is 0 Å². The molecule has 0 spiro atoms. The molecule has 3 aromatic carbocycles. The fourth-order valence-electron chi connectivity index (χ4n) is 4.02. The lowest BCUT2D eigenvalue weighted by Gasteiger charge is -2.29. The van der Waals surface area contributed by atoms with Gasteiger partial charge in [0.05, 0.1) is 45.3 Å². The second-order valence-corrected chi connectivity index (χ2v) is 8.74. The van der Waals surface area contributed by atoms with Crippen LogP contribution in [0.3, 0.4) is 0 Å². The Kier molecular flexibility index (Phi) is 11.9. The molecule has 7 heteroatoms. The Morgan fingerprint density at radius 3 is 2.27 bits per heavy atom. The molecule has 0 fully saturated rings. The number of carbonyl (C=O) groups excluding carboxylic acids is 1. The summed E-state index contributed by atoms with van der Waals surface area (Å²) in [5.74, 6) is 1.41. The molecule has 2 N–H and O–H groups in total. The Hall–Kier alpha value is -3.39. The molecule has 37 heavy (non-hydrogen) atoms. The van der Waals surface area contributed by atoms with Crippen molar-refractivity contribution in [1.82, 2.24) is 0 Å². The van der Waals surface area contributed by atoms with Crippen molar-refractivity contribution in [3.8, 4) is 11.5 Å². The summed E-state index contributed by atoms with van der Waals surface area (Å²) in [5.41, 5.74) is 2.78. The van der Waals surface area contributed by atoms with Gasteiger partial charge in [0, 0.05) is 13.0 Å². The predicted octanol–water partition coefficient (Wildman–Crippen LogP) is 5.02. The third-order valence-electron chi connectivity index (χ3n) is 5.99. The summed E-state index contributed by atoms with van der Waals surface area (Å²) in [6, 6.07) is 24.7. The molecular formula is C30H37NO6. The zero-order valence-electron chi connectivity index (χ0n) is 21.6. The van der Waals surface area contributed by atoms with Crippen molar-refractivity contribution >= 4 is 11.5 Å². The van der Waals surface area contributed by atoms with Crippen LogP contribution in [0.2, 0.25) is 0 Å². The van der Waals surface area contributed by atoms with Gasteiger partial charge >= 0.3 is 0 Å². The van der Waals surface area contributed by atoms with E-state index >= 15 is 0 Å². The van der Waals surface area contributed by atoms with Crippen LogP contribution < -0.4 is 14.8 Å². The first-order valence-corrected chi connectivity index (χ1v) is 12.5. The molecule has 198 valence electrons. The summed E-state index contributed by atoms with van der Waals surface area (Å²) in [6.07, 6.45) is 1.04. The van der Waals surface area contributed by atoms with E-state index in [1.54, 1.807) is 14.2 Å². The molecule has 0 saturated heterocycles. The van der Waals surface area contributed by atoms with Gasteiger partial charge in [0.15, 0.2) is 5.78 Å². The van der Waals surface area contributed by atoms with Crippen LogP contribution in [-0.4, -0.2) is 50.5 Å². The molecule has 2 atom stereocenters. The lowest BCUT2D eigenvalue weighted by molar-refractivity contribution is -0.125. The lowest BCUT2D eigenvalue weighted by atomic mass is 9.99. The molecule has 0 aliphatic rings. The summed E-state index contributed by atoms with van der Waals surface area (Å²) in [6.45, 7) is 0.773. The molecule has 3 aromatic rings. The Morgan fingerprint density at radius 2 is 1.57 bits per heavy atom. The number of para-hydroxylation sites is 2. The maximum absolute atomic E-state index is 13.0. The van der Waals surface area contributed by atoms with Crippen molar-refractivity contribution in [1.29, 1.82) is 0 Å². The number of hydrogen-bond donors (Lipinski definition) is 2. The van der Waals surface area contributed by atoms with Gasteiger partial charge in [-0.25, -0.2) is 0 Å². The number of ether oxygens (including phenoxy) is 4. The van der Waals surface area contributed by atoms with Gasteiger partial charge in [-0.1, -0.05) is 54.6 Å². The van der Waals surface area contributed by atoms with Crippen molar-refractivity contribution in [2.24, 2.45) is 0 Å². The third kappa shape index (κ3) is 9.53. The highest BCUT2D eigenvalue weighted by Crippen LogP contribution is 2.27. The summed E-state index contributed by atoms with van der Waals surface area (Å²) in [4.78, 5) is 13.0. The first-order valence-electron chi connectivity index (χ1n) is 12.5. The van der Waals surface area contributed by atoms with Crippen molar-refractivity contribution in [2.45, 2.75) is 44.6 Å². The van der Waals surface area contributed by atoms with Crippen LogP contribution in [0.1, 0.15) is 30.4 Å². The number of anilines is 1. The average molecular weight is 508 g/mol. The van der Waals surface area contributed by atoms with Crippen molar-refractivity contribution in [2.75, 3.05) is 32.8 Å². The Balaban J connectivity index is 1.69. The number of nitrogens with one attached hydrogen (secondary N) is 1. The van der Waals surface area contributed by atoms with Gasteiger partial charge in [0.25, 0.3) is 0 Å². The maximum Gasteiger partial charge on any atom is 0.160 e. The van der Waals surface area contributed by atoms with Crippen LogP contribution in [0.5, 0.6) is 11.5 Å². The van der Waals surface area contributed by atoms with Crippen LogP contribution in [-0.2, 0) is 27.5 Å². The lowest BCUT2D eigenvalue weighted by Crippen LogP contribution is -2.38. The number of ketones is 1. The molecule has 0 amide bonds. The average Bonchev–Trinajstić information content (AvgIpc) is 2.94. The minimum Gasteiger partial charge on any atom is -0.497 e. The van der Waals surface area contributed by atoms with E-state index in [1.165, 1.54) is 0 Å². The summed E-state index contributed by atoms with van der Waals surface area (Å²) < 4.78 is 22.7. The predicted molar refractivity (Wildman–Crippen MR) is 144 cm³/mol. The number of methoxy groups -OCH3 is 2. The van der Waals surface area contributed by atoms with Crippen molar-refractivity contribution in [3.63, 3.8) is 0 Å². The number of aliphatic hydroxyl groups excluding tert-OH is 1. The Bertz CT molecular complexity index is 1060. The highest BCUT2D eigenvalue weighted by molar-refractivity contribution is 5.81. The summed E-state index contributed by atoms with van der Waals surface area (Å²) in [5, 5.41) is 13.0. The normalized spacial score (nSPS) is 12.5. The number of Topliss-reactive ketones (excluding diaryl/α,β-unsaturated/α-hetero) is 1. The molecule has 0 saturated carbocycles. The van der Waals surface area contributed by atoms with Gasteiger partial charge in [-0.3, -0.25) is 4.79 Å². The summed E-state index contributed by atoms with van der Waals surface area (Å²) in [7, 11) is 3.24. The highest BCUT2D eigenvalue weighted by Gasteiger charge is 2.26. The molecule has 0 radical (unpaired) electrons. The smallest absolute Gasteiger partial charge is 0.160 e. The van der Waals surface area contributed by atoms with E-state index in [4.69, 9.17) is 18.9 Å². The van der Waals surface area contributed by atoms with E-state index in [2.05, 4.69) is 5.32 Å². The summed E-state index contributed by atoms with van der Waals surface area (Å²) >= 11 is 0. The van der Waals surface area contributed by atoms with Gasteiger partial charge in [-0.15, -0.1) is 0 Å². The van der Waals surface area contributed by atoms with Crippen LogP contribution in [0.15, 0.2) is 78.9 Å². The number of benzene rings is 3. The zero-order chi connectivity index (χ0) is 26.3. The van der Waals surface area contributed by atoms with Crippen molar-refractivity contribution < 1.29 is 28.8 Å². The minimum absolute atomic E-state index is 0.0124. The van der Waals surface area contributed by atoms with E-state index in [0.717, 1.165) is 22.6 Å². The first kappa shape index (κ1) is 28.2. The van der Waals surface area contributed by atoms with E-state index < -0.39 is 0 Å². The Morgan fingerprint density at radius 1 is 0.865 bits per heavy atom. The quantitative estimate of drug-likeness (QED) is 0.265. The van der Waals surface area contributed by atoms with Gasteiger partial charge in [0.2, 0.25) is 0 Å². The van der Waals surface area contributed by atoms with Gasteiger partial charge in [-0.2, -0.15) is 0 Å². The topological polar surface area (TPSA) is 86.3 Å². The molecule has 0 bridgehead atoms. The molecule has 2 unspecified atom stereocenters. The molecule has 0 heterocycles. The fourth-order valence-corrected chi connectivity index (χ4v) is 4.02. The standard InChI is InChI=1S/C30H37NO6/c1-34-26-16-14-24(15-17-26)20-36-22-25(33)19-28(31-27-11-6-7-12-29(27)35-2)30(13-8-18-32)37-21-23-9-4-3-5-10-23/h3-7,9-12,14-17,28,30-32H,8,13,18-22H2,1-2H3. The van der Waals surface area contributed by atoms with Crippen LogP contribution >= 0.6 is 0 Å². The molecule has 0 aliphatic carbocycles. The maximum atomic E-state index is 13.0. The number of rotatable bonds is 17. The molecule has 0 aromatic heterocycles. The highest BCUT2D eigenvalue weighted by atomic mass is 16.5. The second-order valence-electron chi connectivity index (χ2n) is 8.74. The molecule has 3 rings (SSSR count). The van der Waals surface area contributed by atoms with E-state index in [1.807, 2.05) is 78.9 Å². The van der Waals surface area contributed by atoms with Crippen LogP contribution in [0, 0.1) is 0 Å². The van der Waals surface area contributed by atoms with Gasteiger partial charge < -0.3 is 29.4 Å². The second kappa shape index (κ2) is 15.7.